The number of hydrogen-bond donors (Lipinski definition) is 0. The summed E-state index contributed by atoms with van der Waals surface area (Å²) in [5, 5.41) is 0. The third-order valence-corrected chi connectivity index (χ3v) is 6.21. The lowest BCUT2D eigenvalue weighted by atomic mass is 10.0. The van der Waals surface area contributed by atoms with Gasteiger partial charge in [0.1, 0.15) is 0 Å². The van der Waals surface area contributed by atoms with Crippen LogP contribution in [0.15, 0.2) is 4.36 Å². The van der Waals surface area contributed by atoms with Gasteiger partial charge in [-0.2, -0.15) is 0 Å². The molecule has 4 fully saturated rings. The van der Waals surface area contributed by atoms with E-state index in [2.05, 4.69) is 29.0 Å². The third-order valence-electron chi connectivity index (χ3n) is 6.02. The van der Waals surface area contributed by atoms with Gasteiger partial charge >= 0.3 is 0 Å². The summed E-state index contributed by atoms with van der Waals surface area (Å²) in [6, 6.07) is 0. The average molecular weight is 470 g/mol. The normalized spacial score (nSPS) is 33.5. The van der Waals surface area contributed by atoms with Crippen LogP contribution in [0.2, 0.25) is 0 Å². The highest BCUT2D eigenvalue weighted by molar-refractivity contribution is 14.1. The maximum atomic E-state index is 6.44. The third kappa shape index (κ3) is 8.66. The van der Waals surface area contributed by atoms with Gasteiger partial charge in [-0.1, -0.05) is 89.3 Å². The molecule has 23 heavy (non-hydrogen) atoms. The number of halogens is 1. The molecular formula is C19H34INS2. The quantitative estimate of drug-likeness (QED) is 0.227. The van der Waals surface area contributed by atoms with Gasteiger partial charge in [0.15, 0.2) is 0 Å². The van der Waals surface area contributed by atoms with Gasteiger partial charge in [-0.25, -0.2) is 4.36 Å². The number of nitrogens with zero attached hydrogens (tertiary/aromatic N) is 1. The lowest BCUT2D eigenvalue weighted by Crippen LogP contribution is -1.95. The van der Waals surface area contributed by atoms with Gasteiger partial charge in [-0.3, -0.25) is 0 Å². The lowest BCUT2D eigenvalue weighted by Gasteiger charge is -2.04. The number of fused-ring (bicyclic) bond motifs is 2. The fourth-order valence-corrected chi connectivity index (χ4v) is 5.03. The number of rotatable bonds is 1. The Hall–Kier alpha value is 0.840. The van der Waals surface area contributed by atoms with Gasteiger partial charge in [-0.05, 0) is 53.2 Å². The molecule has 0 N–H and O–H groups in total. The Kier molecular flexibility index (Phi) is 12.3. The van der Waals surface area contributed by atoms with Crippen molar-refractivity contribution in [2.24, 2.45) is 28.0 Å². The Bertz CT molecular complexity index is 279. The first-order valence-electron chi connectivity index (χ1n) is 10.1. The summed E-state index contributed by atoms with van der Waals surface area (Å²) in [4.78, 5) is 0. The first kappa shape index (κ1) is 20.2. The second-order valence-electron chi connectivity index (χ2n) is 7.21. The summed E-state index contributed by atoms with van der Waals surface area (Å²) < 4.78 is 11.2. The van der Waals surface area contributed by atoms with Gasteiger partial charge in [0, 0.05) is 23.7 Å². The van der Waals surface area contributed by atoms with E-state index in [1.165, 1.54) is 49.4 Å². The van der Waals surface area contributed by atoms with Crippen molar-refractivity contribution >= 4 is 50.6 Å². The summed E-state index contributed by atoms with van der Waals surface area (Å²) in [6.07, 6.45) is 18.6. The average Bonchev–Trinajstić information content (AvgIpc) is 3.31. The first-order chi connectivity index (χ1) is 11.8. The molecule has 0 unspecified atom stereocenters. The molecule has 0 radical (unpaired) electrons. The molecule has 4 aliphatic carbocycles. The zero-order valence-corrected chi connectivity index (χ0v) is 18.2. The zero-order chi connectivity index (χ0) is 17.6. The second kappa shape index (κ2) is 14.1. The van der Waals surface area contributed by atoms with Gasteiger partial charge in [0.25, 0.3) is 0 Å². The summed E-state index contributed by atoms with van der Waals surface area (Å²) in [5.41, 5.74) is 0. The molecule has 4 aliphatic rings. The molecule has 4 saturated carbocycles. The zero-order valence-electron chi connectivity index (χ0n) is 15.4. The molecule has 0 atom stereocenters. The van der Waals surface area contributed by atoms with Crippen LogP contribution in [0.25, 0.3) is 0 Å². The van der Waals surface area contributed by atoms with Gasteiger partial charge in [-0.15, -0.1) is 0 Å². The highest BCUT2D eigenvalue weighted by Crippen LogP contribution is 2.44. The van der Waals surface area contributed by atoms with E-state index < -0.39 is 0 Å². The maximum absolute atomic E-state index is 6.44. The van der Waals surface area contributed by atoms with Crippen molar-refractivity contribution in [2.45, 2.75) is 83.9 Å². The SMILES string of the molecule is C1CC2CCCC2C1.C1CC2CCCC2C1.S=CI.[3H]CCN=S. The molecule has 0 aliphatic heterocycles. The molecule has 0 spiro atoms. The molecule has 4 heteroatoms. The Morgan fingerprint density at radius 3 is 1.26 bits per heavy atom. The minimum Gasteiger partial charge on any atom is -0.220 e. The van der Waals surface area contributed by atoms with Crippen molar-refractivity contribution in [3.8, 4) is 0 Å². The van der Waals surface area contributed by atoms with Crippen molar-refractivity contribution < 1.29 is 1.37 Å². The minimum atomic E-state index is 0.323. The predicted molar refractivity (Wildman–Crippen MR) is 117 cm³/mol. The molecule has 0 aromatic rings. The summed E-state index contributed by atoms with van der Waals surface area (Å²) in [6.45, 7) is 0.818. The molecule has 0 heterocycles. The van der Waals surface area contributed by atoms with Crippen LogP contribution in [0.1, 0.15) is 85.3 Å². The standard InChI is InChI=1S/2C8H14.C2H5NS.CHIS/c2*1-3-7-5-2-6-8(7)4-1;1-2-3-4;2-1-3/h2*7-8H,1-6H2;2H2,1H3;1H/i;;1T;. The predicted octanol–water partition coefficient (Wildman–Crippen LogP) is 7.29. The van der Waals surface area contributed by atoms with Crippen LogP contribution in [0.5, 0.6) is 0 Å². The summed E-state index contributed by atoms with van der Waals surface area (Å²) >= 11 is 10.4. The number of thiocarbonyl (C=S) groups is 1. The fourth-order valence-electron chi connectivity index (χ4n) is 5.03. The Balaban J connectivity index is 0.000000172. The molecule has 0 aromatic carbocycles. The largest absolute Gasteiger partial charge is 0.220 e. The van der Waals surface area contributed by atoms with Crippen LogP contribution in [-0.2, 0) is 12.4 Å². The second-order valence-corrected chi connectivity index (χ2v) is 9.17. The van der Waals surface area contributed by atoms with Crippen molar-refractivity contribution in [3.05, 3.63) is 0 Å². The molecule has 4 rings (SSSR count). The molecule has 1 nitrogen and oxygen atoms in total. The molecular weight excluding hydrogens is 433 g/mol. The van der Waals surface area contributed by atoms with Gasteiger partial charge < -0.3 is 0 Å². The van der Waals surface area contributed by atoms with E-state index >= 15 is 0 Å². The van der Waals surface area contributed by atoms with Gasteiger partial charge in [0.05, 0.1) is 0 Å². The molecule has 0 saturated heterocycles. The molecule has 0 amide bonds. The Labute approximate surface area is 169 Å². The van der Waals surface area contributed by atoms with E-state index in [4.69, 9.17) is 1.37 Å². The molecule has 0 aromatic heterocycles. The van der Waals surface area contributed by atoms with Crippen LogP contribution in [0.4, 0.5) is 0 Å². The number of hydrogen-bond acceptors (Lipinski definition) is 3. The fraction of sp³-hybridized carbons (Fsp3) is 0.947. The minimum absolute atomic E-state index is 0.323. The van der Waals surface area contributed by atoms with Gasteiger partial charge in [0.2, 0.25) is 0 Å². The van der Waals surface area contributed by atoms with E-state index in [1.807, 2.05) is 22.6 Å². The Morgan fingerprint density at radius 2 is 1.13 bits per heavy atom. The van der Waals surface area contributed by atoms with Crippen LogP contribution in [0.3, 0.4) is 0 Å². The lowest BCUT2D eigenvalue weighted by molar-refractivity contribution is 0.457. The monoisotopic (exact) mass is 469 g/mol. The Morgan fingerprint density at radius 1 is 0.870 bits per heavy atom. The van der Waals surface area contributed by atoms with E-state index in [1.54, 1.807) is 54.7 Å². The van der Waals surface area contributed by atoms with Crippen LogP contribution < -0.4 is 0 Å². The van der Waals surface area contributed by atoms with Crippen LogP contribution in [-0.4, -0.2) is 9.92 Å². The van der Waals surface area contributed by atoms with Crippen molar-refractivity contribution in [1.82, 2.24) is 0 Å². The van der Waals surface area contributed by atoms with E-state index in [9.17, 15) is 0 Å². The first-order valence-corrected chi connectivity index (χ1v) is 11.5. The van der Waals surface area contributed by atoms with Crippen molar-refractivity contribution in [1.29, 1.82) is 0 Å². The van der Waals surface area contributed by atoms with E-state index in [0.29, 0.717) is 13.4 Å². The molecule has 0 bridgehead atoms. The summed E-state index contributed by atoms with van der Waals surface area (Å²) in [5.74, 6) is 4.70. The summed E-state index contributed by atoms with van der Waals surface area (Å²) in [7, 11) is 0. The van der Waals surface area contributed by atoms with Crippen LogP contribution in [0, 0.1) is 23.7 Å². The van der Waals surface area contributed by atoms with Crippen molar-refractivity contribution in [3.63, 3.8) is 0 Å². The molecule has 134 valence electrons. The highest BCUT2D eigenvalue weighted by atomic mass is 127. The topological polar surface area (TPSA) is 12.4 Å². The highest BCUT2D eigenvalue weighted by Gasteiger charge is 2.31. The van der Waals surface area contributed by atoms with E-state index in [0.717, 1.165) is 0 Å². The maximum Gasteiger partial charge on any atom is 0.0492 e. The van der Waals surface area contributed by atoms with Crippen LogP contribution >= 0.6 is 34.8 Å². The van der Waals surface area contributed by atoms with E-state index in [-0.39, 0.29) is 0 Å². The van der Waals surface area contributed by atoms with Crippen molar-refractivity contribution in [2.75, 3.05) is 6.54 Å². The smallest absolute Gasteiger partial charge is 0.0492 e.